The van der Waals surface area contributed by atoms with Crippen LogP contribution in [0.4, 0.5) is 5.69 Å². The number of pyridine rings is 1. The molecule has 0 unspecified atom stereocenters. The molecule has 3 aromatic rings. The maximum absolute atomic E-state index is 12.6. The Morgan fingerprint density at radius 3 is 2.85 bits per heavy atom. The molecule has 20 heavy (non-hydrogen) atoms. The average molecular weight is 263 g/mol. The van der Waals surface area contributed by atoms with Crippen molar-refractivity contribution in [1.82, 2.24) is 9.61 Å². The number of carbonyl (C=O) groups is 1. The molecule has 4 rings (SSSR count). The van der Waals surface area contributed by atoms with Crippen LogP contribution in [0, 0.1) is 0 Å². The van der Waals surface area contributed by atoms with Crippen molar-refractivity contribution in [2.45, 2.75) is 6.42 Å². The van der Waals surface area contributed by atoms with Crippen LogP contribution in [-0.4, -0.2) is 22.1 Å². The summed E-state index contributed by atoms with van der Waals surface area (Å²) < 4.78 is 1.73. The van der Waals surface area contributed by atoms with Crippen molar-refractivity contribution in [1.29, 1.82) is 0 Å². The second kappa shape index (κ2) is 4.20. The standard InChI is InChI=1S/C16H13N3O/c20-16(14-11-13-6-3-4-9-19(13)17-14)18-10-8-12-5-1-2-7-15(12)18/h1-7,9,11H,8,10H2. The smallest absolute Gasteiger partial charge is 0.278 e. The lowest BCUT2D eigenvalue weighted by atomic mass is 10.2. The fourth-order valence-corrected chi connectivity index (χ4v) is 2.73. The molecule has 1 aliphatic heterocycles. The van der Waals surface area contributed by atoms with Crippen molar-refractivity contribution < 1.29 is 4.79 Å². The van der Waals surface area contributed by atoms with Crippen LogP contribution in [-0.2, 0) is 6.42 Å². The summed E-state index contributed by atoms with van der Waals surface area (Å²) in [6, 6.07) is 15.7. The van der Waals surface area contributed by atoms with Gasteiger partial charge in [-0.2, -0.15) is 5.10 Å². The molecule has 0 N–H and O–H groups in total. The van der Waals surface area contributed by atoms with Gasteiger partial charge in [-0.15, -0.1) is 0 Å². The number of amides is 1. The Morgan fingerprint density at radius 2 is 1.95 bits per heavy atom. The number of para-hydroxylation sites is 1. The van der Waals surface area contributed by atoms with Crippen LogP contribution < -0.4 is 4.90 Å². The van der Waals surface area contributed by atoms with Gasteiger partial charge in [0.2, 0.25) is 0 Å². The largest absolute Gasteiger partial charge is 0.306 e. The van der Waals surface area contributed by atoms with Gasteiger partial charge in [0.25, 0.3) is 5.91 Å². The van der Waals surface area contributed by atoms with Crippen LogP contribution in [0.2, 0.25) is 0 Å². The molecule has 0 atom stereocenters. The lowest BCUT2D eigenvalue weighted by molar-refractivity contribution is 0.0984. The van der Waals surface area contributed by atoms with Crippen LogP contribution in [0.5, 0.6) is 0 Å². The molecule has 0 saturated heterocycles. The predicted octanol–water partition coefficient (Wildman–Crippen LogP) is 2.54. The maximum atomic E-state index is 12.6. The summed E-state index contributed by atoms with van der Waals surface area (Å²) in [6.07, 6.45) is 2.76. The van der Waals surface area contributed by atoms with E-state index in [1.165, 1.54) is 5.56 Å². The van der Waals surface area contributed by atoms with Crippen molar-refractivity contribution in [3.63, 3.8) is 0 Å². The highest BCUT2D eigenvalue weighted by atomic mass is 16.2. The van der Waals surface area contributed by atoms with E-state index in [-0.39, 0.29) is 5.91 Å². The first-order valence-corrected chi connectivity index (χ1v) is 6.67. The average Bonchev–Trinajstić information content (AvgIpc) is 3.10. The van der Waals surface area contributed by atoms with Crippen molar-refractivity contribution in [2.24, 2.45) is 0 Å². The van der Waals surface area contributed by atoms with E-state index in [2.05, 4.69) is 11.2 Å². The molecule has 1 aromatic carbocycles. The Morgan fingerprint density at radius 1 is 1.10 bits per heavy atom. The number of fused-ring (bicyclic) bond motifs is 2. The van der Waals surface area contributed by atoms with E-state index in [0.717, 1.165) is 24.2 Å². The van der Waals surface area contributed by atoms with Gasteiger partial charge in [0.1, 0.15) is 0 Å². The Balaban J connectivity index is 1.74. The van der Waals surface area contributed by atoms with Crippen molar-refractivity contribution in [2.75, 3.05) is 11.4 Å². The van der Waals surface area contributed by atoms with E-state index in [1.54, 1.807) is 4.52 Å². The molecule has 0 fully saturated rings. The summed E-state index contributed by atoms with van der Waals surface area (Å²) in [4.78, 5) is 14.4. The lowest BCUT2D eigenvalue weighted by Gasteiger charge is -2.15. The summed E-state index contributed by atoms with van der Waals surface area (Å²) in [6.45, 7) is 0.728. The first-order valence-electron chi connectivity index (χ1n) is 6.67. The van der Waals surface area contributed by atoms with Gasteiger partial charge in [0, 0.05) is 18.4 Å². The SMILES string of the molecule is O=C(c1cc2ccccn2n1)N1CCc2ccccc21. The monoisotopic (exact) mass is 263 g/mol. The molecule has 3 heterocycles. The van der Waals surface area contributed by atoms with E-state index >= 15 is 0 Å². The number of aromatic nitrogens is 2. The zero-order valence-electron chi connectivity index (χ0n) is 10.9. The molecule has 0 saturated carbocycles. The third-order valence-electron chi connectivity index (χ3n) is 3.72. The number of nitrogens with zero attached hydrogens (tertiary/aromatic N) is 3. The van der Waals surface area contributed by atoms with E-state index in [1.807, 2.05) is 53.6 Å². The summed E-state index contributed by atoms with van der Waals surface area (Å²) >= 11 is 0. The van der Waals surface area contributed by atoms with Gasteiger partial charge in [-0.25, -0.2) is 4.52 Å². The molecule has 0 aliphatic carbocycles. The lowest BCUT2D eigenvalue weighted by Crippen LogP contribution is -2.29. The number of benzene rings is 1. The topological polar surface area (TPSA) is 37.6 Å². The highest BCUT2D eigenvalue weighted by Crippen LogP contribution is 2.28. The molecule has 98 valence electrons. The Bertz CT molecular complexity index is 773. The predicted molar refractivity (Wildman–Crippen MR) is 77.0 cm³/mol. The number of hydrogen-bond donors (Lipinski definition) is 0. The summed E-state index contributed by atoms with van der Waals surface area (Å²) in [7, 11) is 0. The highest BCUT2D eigenvalue weighted by Gasteiger charge is 2.26. The Hall–Kier alpha value is -2.62. The van der Waals surface area contributed by atoms with E-state index in [9.17, 15) is 4.79 Å². The van der Waals surface area contributed by atoms with Gasteiger partial charge in [-0.3, -0.25) is 4.79 Å². The molecule has 2 aromatic heterocycles. The van der Waals surface area contributed by atoms with Crippen molar-refractivity contribution >= 4 is 17.1 Å². The number of rotatable bonds is 1. The van der Waals surface area contributed by atoms with E-state index < -0.39 is 0 Å². The summed E-state index contributed by atoms with van der Waals surface area (Å²) in [5.41, 5.74) is 3.66. The molecular weight excluding hydrogens is 250 g/mol. The quantitative estimate of drug-likeness (QED) is 0.676. The molecule has 0 bridgehead atoms. The highest BCUT2D eigenvalue weighted by molar-refractivity contribution is 6.06. The zero-order valence-corrected chi connectivity index (χ0v) is 10.9. The number of hydrogen-bond acceptors (Lipinski definition) is 2. The van der Waals surface area contributed by atoms with E-state index in [4.69, 9.17) is 0 Å². The van der Waals surface area contributed by atoms with Gasteiger partial charge in [0.05, 0.1) is 5.52 Å². The minimum atomic E-state index is -0.0290. The van der Waals surface area contributed by atoms with Crippen LogP contribution in [0.25, 0.3) is 5.52 Å². The van der Waals surface area contributed by atoms with Crippen LogP contribution in [0.3, 0.4) is 0 Å². The first-order chi connectivity index (χ1) is 9.83. The summed E-state index contributed by atoms with van der Waals surface area (Å²) in [5.74, 6) is -0.0290. The van der Waals surface area contributed by atoms with Crippen LogP contribution in [0.1, 0.15) is 16.1 Å². The van der Waals surface area contributed by atoms with Gasteiger partial charge in [-0.05, 0) is 36.2 Å². The normalized spacial score (nSPS) is 13.7. The zero-order chi connectivity index (χ0) is 13.5. The Labute approximate surface area is 116 Å². The van der Waals surface area contributed by atoms with Gasteiger partial charge >= 0.3 is 0 Å². The fraction of sp³-hybridized carbons (Fsp3) is 0.125. The molecular formula is C16H13N3O. The number of carbonyl (C=O) groups excluding carboxylic acids is 1. The number of anilines is 1. The van der Waals surface area contributed by atoms with Gasteiger partial charge < -0.3 is 4.90 Å². The second-order valence-corrected chi connectivity index (χ2v) is 4.94. The molecule has 4 nitrogen and oxygen atoms in total. The third-order valence-corrected chi connectivity index (χ3v) is 3.72. The molecule has 1 amide bonds. The van der Waals surface area contributed by atoms with Crippen LogP contribution >= 0.6 is 0 Å². The Kier molecular flexibility index (Phi) is 2.36. The minimum Gasteiger partial charge on any atom is -0.306 e. The molecule has 0 spiro atoms. The van der Waals surface area contributed by atoms with Crippen LogP contribution in [0.15, 0.2) is 54.7 Å². The first kappa shape index (κ1) is 11.2. The molecule has 0 radical (unpaired) electrons. The summed E-state index contributed by atoms with van der Waals surface area (Å²) in [5, 5.41) is 4.36. The van der Waals surface area contributed by atoms with E-state index in [0.29, 0.717) is 5.69 Å². The van der Waals surface area contributed by atoms with Gasteiger partial charge in [0.15, 0.2) is 5.69 Å². The minimum absolute atomic E-state index is 0.0290. The van der Waals surface area contributed by atoms with Crippen molar-refractivity contribution in [3.8, 4) is 0 Å². The maximum Gasteiger partial charge on any atom is 0.278 e. The fourth-order valence-electron chi connectivity index (χ4n) is 2.73. The van der Waals surface area contributed by atoms with Crippen molar-refractivity contribution in [3.05, 3.63) is 66.0 Å². The second-order valence-electron chi connectivity index (χ2n) is 4.94. The molecule has 1 aliphatic rings. The third kappa shape index (κ3) is 1.61. The van der Waals surface area contributed by atoms with Gasteiger partial charge in [-0.1, -0.05) is 24.3 Å². The molecule has 4 heteroatoms.